The largest absolute Gasteiger partial charge is 0.207 e. The quantitative estimate of drug-likeness (QED) is 0.460. The van der Waals surface area contributed by atoms with Crippen LogP contribution in [0.5, 0.6) is 0 Å². The topological polar surface area (TPSA) is 0 Å². The number of hydrogen-bond donors (Lipinski definition) is 1. The summed E-state index contributed by atoms with van der Waals surface area (Å²) in [5.41, 5.74) is 1.73. The lowest BCUT2D eigenvalue weighted by Gasteiger charge is -1.96. The van der Waals surface area contributed by atoms with E-state index in [2.05, 4.69) is 24.5 Å². The summed E-state index contributed by atoms with van der Waals surface area (Å²) in [5, 5.41) is 0. The smallest absolute Gasteiger partial charge is 0.123 e. The summed E-state index contributed by atoms with van der Waals surface area (Å²) in [6, 6.07) is 4.57. The summed E-state index contributed by atoms with van der Waals surface area (Å²) in [7, 11) is 0. The first-order valence-corrected chi connectivity index (χ1v) is 4.23. The van der Waals surface area contributed by atoms with Crippen molar-refractivity contribution in [1.29, 1.82) is 0 Å². The van der Waals surface area contributed by atoms with Crippen molar-refractivity contribution in [1.82, 2.24) is 0 Å². The van der Waals surface area contributed by atoms with Gasteiger partial charge in [0.15, 0.2) is 0 Å². The Bertz CT molecular complexity index is 333. The lowest BCUT2D eigenvalue weighted by molar-refractivity contribution is 0.626. The first-order chi connectivity index (χ1) is 5.74. The second-order valence-electron chi connectivity index (χ2n) is 2.42. The van der Waals surface area contributed by atoms with E-state index in [1.54, 1.807) is 6.07 Å². The van der Waals surface area contributed by atoms with Crippen LogP contribution in [0.3, 0.4) is 0 Å². The molecule has 0 aliphatic heterocycles. The third-order valence-electron chi connectivity index (χ3n) is 1.49. The Morgan fingerprint density at radius 1 is 1.50 bits per heavy atom. The molecule has 0 aliphatic carbocycles. The predicted octanol–water partition coefficient (Wildman–Crippen LogP) is 2.42. The number of thiol groups is 1. The monoisotopic (exact) mass is 180 g/mol. The molecule has 0 unspecified atom stereocenters. The minimum atomic E-state index is -0.219. The predicted molar refractivity (Wildman–Crippen MR) is 51.9 cm³/mol. The number of rotatable bonds is 0. The summed E-state index contributed by atoms with van der Waals surface area (Å²) in [6.45, 7) is 1.84. The van der Waals surface area contributed by atoms with Gasteiger partial charge in [-0.15, -0.1) is 0 Å². The van der Waals surface area contributed by atoms with Crippen molar-refractivity contribution >= 4 is 12.6 Å². The highest BCUT2D eigenvalue weighted by Gasteiger charge is 1.95. The Balaban J connectivity index is 3.01. The van der Waals surface area contributed by atoms with E-state index in [0.717, 1.165) is 11.1 Å². The molecule has 0 saturated carbocycles. The Morgan fingerprint density at radius 2 is 2.25 bits per heavy atom. The highest BCUT2D eigenvalue weighted by molar-refractivity contribution is 7.80. The molecule has 0 bridgehead atoms. The van der Waals surface area contributed by atoms with Crippen LogP contribution in [-0.2, 0) is 0 Å². The Morgan fingerprint density at radius 3 is 2.83 bits per heavy atom. The summed E-state index contributed by atoms with van der Waals surface area (Å²) < 4.78 is 12.6. The van der Waals surface area contributed by atoms with Gasteiger partial charge in [0.1, 0.15) is 5.82 Å². The van der Waals surface area contributed by atoms with Crippen LogP contribution in [0.25, 0.3) is 0 Å². The zero-order chi connectivity index (χ0) is 8.97. The lowest BCUT2D eigenvalue weighted by Crippen LogP contribution is -1.83. The van der Waals surface area contributed by atoms with Crippen molar-refractivity contribution in [2.24, 2.45) is 0 Å². The van der Waals surface area contributed by atoms with Gasteiger partial charge in [-0.3, -0.25) is 0 Å². The molecule has 12 heavy (non-hydrogen) atoms. The van der Waals surface area contributed by atoms with Crippen molar-refractivity contribution in [2.75, 3.05) is 5.75 Å². The fraction of sp³-hybridized carbons (Fsp3) is 0.200. The normalized spacial score (nSPS) is 8.92. The molecule has 1 aromatic carbocycles. The third-order valence-corrected chi connectivity index (χ3v) is 1.65. The van der Waals surface area contributed by atoms with Crippen molar-refractivity contribution in [3.05, 3.63) is 35.1 Å². The van der Waals surface area contributed by atoms with Gasteiger partial charge in [-0.2, -0.15) is 12.6 Å². The average molecular weight is 180 g/mol. The highest BCUT2D eigenvalue weighted by atomic mass is 32.1. The molecular weight excluding hydrogens is 171 g/mol. The van der Waals surface area contributed by atoms with E-state index in [4.69, 9.17) is 0 Å². The minimum Gasteiger partial charge on any atom is -0.207 e. The number of hydrogen-bond acceptors (Lipinski definition) is 1. The molecule has 0 saturated heterocycles. The van der Waals surface area contributed by atoms with Crippen LogP contribution in [0.4, 0.5) is 4.39 Å². The Labute approximate surface area is 77.2 Å². The van der Waals surface area contributed by atoms with E-state index < -0.39 is 0 Å². The van der Waals surface area contributed by atoms with Crippen molar-refractivity contribution < 1.29 is 4.39 Å². The highest BCUT2D eigenvalue weighted by Crippen LogP contribution is 2.08. The Kier molecular flexibility index (Phi) is 3.19. The average Bonchev–Trinajstić information content (AvgIpc) is 2.03. The molecule has 0 fully saturated rings. The summed E-state index contributed by atoms with van der Waals surface area (Å²) in [4.78, 5) is 0. The molecule has 0 amide bonds. The van der Waals surface area contributed by atoms with Crippen LogP contribution in [0.1, 0.15) is 11.1 Å². The number of benzene rings is 1. The van der Waals surface area contributed by atoms with Gasteiger partial charge in [0.25, 0.3) is 0 Å². The van der Waals surface area contributed by atoms with Crippen LogP contribution < -0.4 is 0 Å². The molecule has 0 N–H and O–H groups in total. The van der Waals surface area contributed by atoms with Gasteiger partial charge in [0, 0.05) is 5.56 Å². The number of aryl methyl sites for hydroxylation is 1. The second kappa shape index (κ2) is 4.18. The van der Waals surface area contributed by atoms with Gasteiger partial charge in [-0.25, -0.2) is 4.39 Å². The molecule has 1 rings (SSSR count). The molecule has 1 aromatic rings. The summed E-state index contributed by atoms with van der Waals surface area (Å²) in [5.74, 6) is 6.02. The van der Waals surface area contributed by atoms with E-state index in [0.29, 0.717) is 5.75 Å². The second-order valence-corrected chi connectivity index (χ2v) is 2.74. The fourth-order valence-corrected chi connectivity index (χ4v) is 0.981. The van der Waals surface area contributed by atoms with Crippen LogP contribution in [0.2, 0.25) is 0 Å². The standard InChI is InChI=1S/C10H9FS/c1-8-7-10(11)5-4-9(8)3-2-6-12/h4-5,7,12H,6H2,1H3. The first-order valence-electron chi connectivity index (χ1n) is 3.60. The van der Waals surface area contributed by atoms with Gasteiger partial charge in [0.05, 0.1) is 5.75 Å². The zero-order valence-corrected chi connectivity index (χ0v) is 7.66. The minimum absolute atomic E-state index is 0.219. The lowest BCUT2D eigenvalue weighted by atomic mass is 10.1. The zero-order valence-electron chi connectivity index (χ0n) is 6.76. The van der Waals surface area contributed by atoms with E-state index >= 15 is 0 Å². The molecule has 2 heteroatoms. The fourth-order valence-electron chi connectivity index (χ4n) is 0.902. The van der Waals surface area contributed by atoms with Crippen molar-refractivity contribution in [2.45, 2.75) is 6.92 Å². The molecule has 0 aromatic heterocycles. The SMILES string of the molecule is Cc1cc(F)ccc1C#CCS. The maximum atomic E-state index is 12.6. The molecule has 0 heterocycles. The molecule has 62 valence electrons. The molecule has 0 aliphatic rings. The van der Waals surface area contributed by atoms with Crippen LogP contribution in [0, 0.1) is 24.6 Å². The molecular formula is C10H9FS. The van der Waals surface area contributed by atoms with E-state index in [-0.39, 0.29) is 5.82 Å². The van der Waals surface area contributed by atoms with Gasteiger partial charge in [-0.05, 0) is 30.7 Å². The molecule has 0 spiro atoms. The summed E-state index contributed by atoms with van der Waals surface area (Å²) in [6.07, 6.45) is 0. The maximum Gasteiger partial charge on any atom is 0.123 e. The van der Waals surface area contributed by atoms with Crippen molar-refractivity contribution in [3.8, 4) is 11.8 Å². The van der Waals surface area contributed by atoms with Gasteiger partial charge < -0.3 is 0 Å². The third kappa shape index (κ3) is 2.28. The van der Waals surface area contributed by atoms with Gasteiger partial charge in [-0.1, -0.05) is 11.8 Å². The van der Waals surface area contributed by atoms with Crippen LogP contribution in [0.15, 0.2) is 18.2 Å². The molecule has 0 radical (unpaired) electrons. The van der Waals surface area contributed by atoms with Gasteiger partial charge in [0.2, 0.25) is 0 Å². The number of halogens is 1. The van der Waals surface area contributed by atoms with Crippen LogP contribution in [-0.4, -0.2) is 5.75 Å². The molecule has 0 nitrogen and oxygen atoms in total. The van der Waals surface area contributed by atoms with Crippen LogP contribution >= 0.6 is 12.6 Å². The molecule has 0 atom stereocenters. The van der Waals surface area contributed by atoms with E-state index in [9.17, 15) is 4.39 Å². The van der Waals surface area contributed by atoms with Crippen molar-refractivity contribution in [3.63, 3.8) is 0 Å². The Hall–Kier alpha value is -0.940. The summed E-state index contributed by atoms with van der Waals surface area (Å²) >= 11 is 3.96. The van der Waals surface area contributed by atoms with E-state index in [1.165, 1.54) is 12.1 Å². The van der Waals surface area contributed by atoms with E-state index in [1.807, 2.05) is 6.92 Å². The first kappa shape index (κ1) is 9.15. The van der Waals surface area contributed by atoms with Gasteiger partial charge >= 0.3 is 0 Å². The maximum absolute atomic E-state index is 12.6.